The lowest BCUT2D eigenvalue weighted by molar-refractivity contribution is 0.0228. The molecule has 1 heterocycles. The highest BCUT2D eigenvalue weighted by Gasteiger charge is 2.31. The van der Waals surface area contributed by atoms with Crippen LogP contribution in [0.25, 0.3) is 0 Å². The van der Waals surface area contributed by atoms with Gasteiger partial charge in [0, 0.05) is 38.3 Å². The second-order valence-corrected chi connectivity index (χ2v) is 7.88. The zero-order chi connectivity index (χ0) is 18.1. The predicted molar refractivity (Wildman–Crippen MR) is 91.7 cm³/mol. The number of carbonyl (C=O) groups is 1. The summed E-state index contributed by atoms with van der Waals surface area (Å²) in [5, 5.41) is 0. The second-order valence-electron chi connectivity index (χ2n) is 7.09. The summed E-state index contributed by atoms with van der Waals surface area (Å²) in [5.74, 6) is -0.916. The fraction of sp³-hybridized carbons (Fsp3) is 0.588. The van der Waals surface area contributed by atoms with Gasteiger partial charge in [0.2, 0.25) is 0 Å². The number of hydrogen-bond donors (Lipinski definition) is 0. The molecule has 7 heteroatoms. The summed E-state index contributed by atoms with van der Waals surface area (Å²) in [6.07, 6.45) is 0.400. The van der Waals surface area contributed by atoms with E-state index in [0.29, 0.717) is 25.2 Å². The van der Waals surface area contributed by atoms with E-state index in [4.69, 9.17) is 4.74 Å². The van der Waals surface area contributed by atoms with Gasteiger partial charge in [-0.3, -0.25) is 4.90 Å². The van der Waals surface area contributed by atoms with Crippen LogP contribution in [0.4, 0.5) is 13.6 Å². The molecule has 1 saturated heterocycles. The Bertz CT molecular complexity index is 619. The van der Waals surface area contributed by atoms with E-state index in [2.05, 4.69) is 15.9 Å². The highest BCUT2D eigenvalue weighted by atomic mass is 79.9. The van der Waals surface area contributed by atoms with E-state index in [1.165, 1.54) is 0 Å². The number of ether oxygens (including phenoxy) is 1. The van der Waals surface area contributed by atoms with Crippen molar-refractivity contribution < 1.29 is 18.3 Å². The SMILES string of the molecule is CN(C(=O)OC(C)(C)C)[C@H]1CCN(Cc2c(F)ccc(F)c2Br)C1. The summed E-state index contributed by atoms with van der Waals surface area (Å²) in [6, 6.07) is 2.23. The molecular weight excluding hydrogens is 382 g/mol. The van der Waals surface area contributed by atoms with Gasteiger partial charge in [0.1, 0.15) is 17.2 Å². The first-order valence-corrected chi connectivity index (χ1v) is 8.68. The minimum absolute atomic E-state index is 0.00440. The topological polar surface area (TPSA) is 32.8 Å². The molecule has 1 aromatic carbocycles. The molecule has 134 valence electrons. The van der Waals surface area contributed by atoms with E-state index in [1.807, 2.05) is 25.7 Å². The van der Waals surface area contributed by atoms with Gasteiger partial charge in [0.25, 0.3) is 0 Å². The van der Waals surface area contributed by atoms with Crippen LogP contribution in [0.3, 0.4) is 0 Å². The highest BCUT2D eigenvalue weighted by molar-refractivity contribution is 9.10. The average molecular weight is 405 g/mol. The standard InChI is InChI=1S/C17H23BrF2N2O2/c1-17(2,3)24-16(23)21(4)11-7-8-22(9-11)10-12-13(19)5-6-14(20)15(12)18/h5-6,11H,7-10H2,1-4H3/t11-/m0/s1. The van der Waals surface area contributed by atoms with Crippen LogP contribution in [-0.4, -0.2) is 47.7 Å². The van der Waals surface area contributed by atoms with Gasteiger partial charge in [-0.1, -0.05) is 0 Å². The number of likely N-dealkylation sites (N-methyl/N-ethyl adjacent to an activating group) is 1. The average Bonchev–Trinajstić information content (AvgIpc) is 2.93. The van der Waals surface area contributed by atoms with Crippen molar-refractivity contribution in [3.63, 3.8) is 0 Å². The fourth-order valence-electron chi connectivity index (χ4n) is 2.69. The number of hydrogen-bond acceptors (Lipinski definition) is 3. The molecule has 24 heavy (non-hydrogen) atoms. The van der Waals surface area contributed by atoms with Crippen LogP contribution in [0.5, 0.6) is 0 Å². The van der Waals surface area contributed by atoms with Gasteiger partial charge < -0.3 is 9.64 Å². The van der Waals surface area contributed by atoms with Crippen molar-refractivity contribution in [1.82, 2.24) is 9.80 Å². The third kappa shape index (κ3) is 4.66. The second kappa shape index (κ2) is 7.35. The molecule has 0 aromatic heterocycles. The Morgan fingerprint density at radius 3 is 2.62 bits per heavy atom. The van der Waals surface area contributed by atoms with Crippen LogP contribution >= 0.6 is 15.9 Å². The largest absolute Gasteiger partial charge is 0.444 e. The first-order chi connectivity index (χ1) is 11.1. The molecule has 1 aromatic rings. The van der Waals surface area contributed by atoms with Crippen LogP contribution in [0, 0.1) is 11.6 Å². The Morgan fingerprint density at radius 1 is 1.38 bits per heavy atom. The predicted octanol–water partition coefficient (Wildman–Crippen LogP) is 4.17. The first kappa shape index (κ1) is 19.1. The van der Waals surface area contributed by atoms with E-state index >= 15 is 0 Å². The molecular formula is C17H23BrF2N2O2. The number of halogens is 3. The third-order valence-corrected chi connectivity index (χ3v) is 4.85. The quantitative estimate of drug-likeness (QED) is 0.708. The summed E-state index contributed by atoms with van der Waals surface area (Å²) >= 11 is 3.11. The maximum absolute atomic E-state index is 13.9. The lowest BCUT2D eigenvalue weighted by Crippen LogP contribution is -2.42. The third-order valence-electron chi connectivity index (χ3n) is 4.00. The van der Waals surface area contributed by atoms with E-state index in [1.54, 1.807) is 11.9 Å². The lowest BCUT2D eigenvalue weighted by Gasteiger charge is -2.28. The summed E-state index contributed by atoms with van der Waals surface area (Å²) in [5.41, 5.74) is -0.241. The summed E-state index contributed by atoms with van der Waals surface area (Å²) < 4.78 is 33.1. The zero-order valence-corrected chi connectivity index (χ0v) is 16.0. The molecule has 1 aliphatic rings. The molecule has 1 fully saturated rings. The Hall–Kier alpha value is -1.21. The van der Waals surface area contributed by atoms with Gasteiger partial charge in [-0.2, -0.15) is 0 Å². The maximum atomic E-state index is 13.9. The van der Waals surface area contributed by atoms with Gasteiger partial charge in [-0.05, 0) is 55.3 Å². The summed E-state index contributed by atoms with van der Waals surface area (Å²) in [6.45, 7) is 7.07. The van der Waals surface area contributed by atoms with Crippen molar-refractivity contribution in [2.75, 3.05) is 20.1 Å². The molecule has 1 atom stereocenters. The number of nitrogens with zero attached hydrogens (tertiary/aromatic N) is 2. The van der Waals surface area contributed by atoms with E-state index in [-0.39, 0.29) is 16.6 Å². The van der Waals surface area contributed by atoms with Crippen molar-refractivity contribution in [2.24, 2.45) is 0 Å². The summed E-state index contributed by atoms with van der Waals surface area (Å²) in [7, 11) is 1.71. The normalized spacial score (nSPS) is 18.7. The molecule has 0 unspecified atom stereocenters. The van der Waals surface area contributed by atoms with Crippen LogP contribution in [0.2, 0.25) is 0 Å². The molecule has 1 amide bonds. The molecule has 2 rings (SSSR count). The van der Waals surface area contributed by atoms with E-state index < -0.39 is 17.2 Å². The monoisotopic (exact) mass is 404 g/mol. The molecule has 0 N–H and O–H groups in total. The summed E-state index contributed by atoms with van der Waals surface area (Å²) in [4.78, 5) is 15.7. The number of likely N-dealkylation sites (tertiary alicyclic amines) is 1. The van der Waals surface area contributed by atoms with Crippen molar-refractivity contribution in [1.29, 1.82) is 0 Å². The van der Waals surface area contributed by atoms with Crippen LogP contribution in [0.15, 0.2) is 16.6 Å². The molecule has 0 radical (unpaired) electrons. The number of rotatable bonds is 3. The fourth-order valence-corrected chi connectivity index (χ4v) is 3.14. The molecule has 0 spiro atoms. The van der Waals surface area contributed by atoms with Crippen LogP contribution < -0.4 is 0 Å². The van der Waals surface area contributed by atoms with Crippen molar-refractivity contribution in [3.8, 4) is 0 Å². The molecule has 0 aliphatic carbocycles. The van der Waals surface area contributed by atoms with Gasteiger partial charge in [0.05, 0.1) is 4.47 Å². The van der Waals surface area contributed by atoms with Crippen molar-refractivity contribution in [2.45, 2.75) is 45.4 Å². The molecule has 4 nitrogen and oxygen atoms in total. The van der Waals surface area contributed by atoms with Gasteiger partial charge in [0.15, 0.2) is 0 Å². The van der Waals surface area contributed by atoms with Gasteiger partial charge in [-0.25, -0.2) is 13.6 Å². The Morgan fingerprint density at radius 2 is 2.00 bits per heavy atom. The first-order valence-electron chi connectivity index (χ1n) is 7.89. The number of carbonyl (C=O) groups excluding carboxylic acids is 1. The minimum atomic E-state index is -0.542. The van der Waals surface area contributed by atoms with E-state index in [0.717, 1.165) is 18.6 Å². The van der Waals surface area contributed by atoms with Crippen molar-refractivity contribution in [3.05, 3.63) is 33.8 Å². The van der Waals surface area contributed by atoms with Gasteiger partial charge in [-0.15, -0.1) is 0 Å². The lowest BCUT2D eigenvalue weighted by atomic mass is 10.2. The van der Waals surface area contributed by atoms with Crippen LogP contribution in [0.1, 0.15) is 32.8 Å². The van der Waals surface area contributed by atoms with E-state index in [9.17, 15) is 13.6 Å². The highest BCUT2D eigenvalue weighted by Crippen LogP contribution is 2.27. The van der Waals surface area contributed by atoms with Crippen LogP contribution in [-0.2, 0) is 11.3 Å². The Balaban J connectivity index is 1.99. The number of amides is 1. The van der Waals surface area contributed by atoms with Crippen molar-refractivity contribution >= 4 is 22.0 Å². The molecule has 0 bridgehead atoms. The minimum Gasteiger partial charge on any atom is -0.444 e. The smallest absolute Gasteiger partial charge is 0.410 e. The van der Waals surface area contributed by atoms with Gasteiger partial charge >= 0.3 is 6.09 Å². The number of benzene rings is 1. The molecule has 1 aliphatic heterocycles. The Labute approximate surface area is 149 Å². The Kier molecular flexibility index (Phi) is 5.86. The molecule has 0 saturated carbocycles. The maximum Gasteiger partial charge on any atom is 0.410 e. The zero-order valence-electron chi connectivity index (χ0n) is 14.4.